The van der Waals surface area contributed by atoms with Crippen LogP contribution in [0, 0.1) is 22.7 Å². The predicted molar refractivity (Wildman–Crippen MR) is 138 cm³/mol. The highest BCUT2D eigenvalue weighted by atomic mass is 19.1. The average Bonchev–Trinajstić information content (AvgIpc) is 3.56. The molecule has 1 saturated heterocycles. The second kappa shape index (κ2) is 8.15. The molecule has 1 aromatic carbocycles. The molecule has 40 heavy (non-hydrogen) atoms. The summed E-state index contributed by atoms with van der Waals surface area (Å²) in [6.07, 6.45) is 0.330. The molecule has 2 aromatic rings. The van der Waals surface area contributed by atoms with E-state index in [1.54, 1.807) is 17.8 Å². The first-order chi connectivity index (χ1) is 18.9. The number of ether oxygens (including phenoxy) is 2. The number of aliphatic hydroxyl groups is 2. The first kappa shape index (κ1) is 26.1. The minimum absolute atomic E-state index is 0.0408. The second-order valence-corrected chi connectivity index (χ2v) is 12.6. The lowest BCUT2D eigenvalue weighted by molar-refractivity contribution is -0.235. The Bertz CT molecular complexity index is 1520. The van der Waals surface area contributed by atoms with Gasteiger partial charge in [-0.25, -0.2) is 8.78 Å². The van der Waals surface area contributed by atoms with Crippen LogP contribution in [0.3, 0.4) is 0 Å². The zero-order valence-electron chi connectivity index (χ0n) is 22.5. The number of carbonyl (C=O) groups excluding carboxylic acids is 2. The first-order valence-corrected chi connectivity index (χ1v) is 13.8. The Labute approximate surface area is 229 Å². The number of Topliss-reactive ketones (excluding diaryl/α,β-unsaturated/α-hetero) is 1. The Hall–Kier alpha value is -2.79. The Balaban J connectivity index is 1.31. The highest BCUT2D eigenvalue weighted by Crippen LogP contribution is 2.72. The van der Waals surface area contributed by atoms with E-state index in [1.807, 2.05) is 25.2 Å². The molecular formula is C30H32F2N2O6. The molecule has 2 heterocycles. The number of alkyl halides is 2. The summed E-state index contributed by atoms with van der Waals surface area (Å²) in [5, 5.41) is 26.8. The maximum Gasteiger partial charge on any atom is 0.193 e. The molecule has 10 atom stereocenters. The van der Waals surface area contributed by atoms with Crippen LogP contribution < -0.4 is 0 Å². The van der Waals surface area contributed by atoms with Gasteiger partial charge in [0.2, 0.25) is 0 Å². The SMILES string of the molecule is Cn1ncc2cc([C@@H]3O[C@@H]4C[C@H]5[C@@H]6C[C@H](F)C7=CC(=O)C=C[C@]7(C)[C@@]6(F)[C@@H](O)C[C@]5(C)[C@]4(C(=O)CO)O3)ccc21. The van der Waals surface area contributed by atoms with E-state index < -0.39 is 76.8 Å². The second-order valence-electron chi connectivity index (χ2n) is 12.6. The Morgan fingerprint density at radius 2 is 2.02 bits per heavy atom. The van der Waals surface area contributed by atoms with E-state index >= 15 is 8.78 Å². The van der Waals surface area contributed by atoms with Gasteiger partial charge in [-0.3, -0.25) is 14.3 Å². The Kier molecular flexibility index (Phi) is 5.33. The number of ketones is 2. The van der Waals surface area contributed by atoms with Crippen molar-refractivity contribution in [3.05, 3.63) is 53.8 Å². The number of allylic oxidation sites excluding steroid dienone is 4. The lowest BCUT2D eigenvalue weighted by Crippen LogP contribution is -2.70. The summed E-state index contributed by atoms with van der Waals surface area (Å²) in [6.45, 7) is 2.49. The highest BCUT2D eigenvalue weighted by molar-refractivity contribution is 6.01. The number of hydrogen-bond acceptors (Lipinski definition) is 7. The van der Waals surface area contributed by atoms with E-state index in [4.69, 9.17) is 9.47 Å². The fourth-order valence-corrected chi connectivity index (χ4v) is 9.04. The van der Waals surface area contributed by atoms with E-state index in [2.05, 4.69) is 5.10 Å². The molecule has 4 aliphatic carbocycles. The van der Waals surface area contributed by atoms with Gasteiger partial charge >= 0.3 is 0 Å². The number of nitrogens with zero attached hydrogens (tertiary/aromatic N) is 2. The van der Waals surface area contributed by atoms with Gasteiger partial charge in [0, 0.05) is 34.7 Å². The Morgan fingerprint density at radius 1 is 1.25 bits per heavy atom. The van der Waals surface area contributed by atoms with Gasteiger partial charge < -0.3 is 19.7 Å². The van der Waals surface area contributed by atoms with Crippen LogP contribution in [0.15, 0.2) is 48.2 Å². The van der Waals surface area contributed by atoms with Gasteiger partial charge in [-0.2, -0.15) is 5.10 Å². The van der Waals surface area contributed by atoms with Crippen LogP contribution in [0.1, 0.15) is 45.0 Å². The summed E-state index contributed by atoms with van der Waals surface area (Å²) in [5.74, 6) is -2.59. The number of halogens is 2. The number of aromatic nitrogens is 2. The average molecular weight is 555 g/mol. The van der Waals surface area contributed by atoms with Gasteiger partial charge in [0.05, 0.1) is 23.9 Å². The molecule has 4 fully saturated rings. The molecule has 3 saturated carbocycles. The predicted octanol–water partition coefficient (Wildman–Crippen LogP) is 3.22. The van der Waals surface area contributed by atoms with Gasteiger partial charge in [-0.05, 0) is 62.0 Å². The van der Waals surface area contributed by atoms with Crippen LogP contribution in [0.2, 0.25) is 0 Å². The van der Waals surface area contributed by atoms with E-state index in [0.29, 0.717) is 5.56 Å². The summed E-state index contributed by atoms with van der Waals surface area (Å²) >= 11 is 0. The van der Waals surface area contributed by atoms with Crippen LogP contribution in [-0.4, -0.2) is 67.8 Å². The Morgan fingerprint density at radius 3 is 2.77 bits per heavy atom. The smallest absolute Gasteiger partial charge is 0.193 e. The van der Waals surface area contributed by atoms with E-state index in [-0.39, 0.29) is 24.8 Å². The fraction of sp³-hybridized carbons (Fsp3) is 0.567. The topological polar surface area (TPSA) is 111 Å². The van der Waals surface area contributed by atoms with Crippen LogP contribution in [0.4, 0.5) is 8.78 Å². The van der Waals surface area contributed by atoms with Gasteiger partial charge in [-0.15, -0.1) is 0 Å². The molecular weight excluding hydrogens is 522 g/mol. The van der Waals surface area contributed by atoms with Crippen molar-refractivity contribution in [3.8, 4) is 0 Å². The maximum atomic E-state index is 17.5. The third kappa shape index (κ3) is 2.90. The van der Waals surface area contributed by atoms with E-state index in [0.717, 1.165) is 17.0 Å². The minimum atomic E-state index is -2.28. The minimum Gasteiger partial charge on any atom is -0.390 e. The van der Waals surface area contributed by atoms with Crippen molar-refractivity contribution in [3.63, 3.8) is 0 Å². The van der Waals surface area contributed by atoms with Crippen LogP contribution in [-0.2, 0) is 26.1 Å². The monoisotopic (exact) mass is 554 g/mol. The third-order valence-electron chi connectivity index (χ3n) is 11.0. The van der Waals surface area contributed by atoms with Crippen molar-refractivity contribution in [1.29, 1.82) is 0 Å². The molecule has 0 unspecified atom stereocenters. The summed E-state index contributed by atoms with van der Waals surface area (Å²) in [5.41, 5.74) is -5.02. The van der Waals surface area contributed by atoms with Crippen LogP contribution in [0.5, 0.6) is 0 Å². The normalized spacial score (nSPS) is 45.6. The molecule has 0 radical (unpaired) electrons. The highest BCUT2D eigenvalue weighted by Gasteiger charge is 2.80. The molecule has 0 amide bonds. The van der Waals surface area contributed by atoms with Crippen molar-refractivity contribution >= 4 is 22.5 Å². The number of aliphatic hydroxyl groups excluding tert-OH is 2. The number of rotatable bonds is 3. The molecule has 7 rings (SSSR count). The molecule has 0 spiro atoms. The number of aryl methyl sites for hydroxylation is 1. The molecule has 1 aromatic heterocycles. The summed E-state index contributed by atoms with van der Waals surface area (Å²) in [4.78, 5) is 25.7. The summed E-state index contributed by atoms with van der Waals surface area (Å²) in [7, 11) is 1.83. The lowest BCUT2D eigenvalue weighted by Gasteiger charge is -2.63. The van der Waals surface area contributed by atoms with Crippen molar-refractivity contribution in [2.75, 3.05) is 6.61 Å². The molecule has 2 N–H and O–H groups in total. The molecule has 10 heteroatoms. The van der Waals surface area contributed by atoms with E-state index in [1.165, 1.54) is 19.1 Å². The molecule has 0 bridgehead atoms. The van der Waals surface area contributed by atoms with Crippen LogP contribution in [0.25, 0.3) is 10.9 Å². The van der Waals surface area contributed by atoms with Crippen molar-refractivity contribution in [2.45, 2.75) is 69.0 Å². The zero-order chi connectivity index (χ0) is 28.4. The number of benzene rings is 1. The van der Waals surface area contributed by atoms with Gasteiger partial charge in [0.15, 0.2) is 29.1 Å². The van der Waals surface area contributed by atoms with Crippen molar-refractivity contribution in [2.24, 2.45) is 29.7 Å². The first-order valence-electron chi connectivity index (χ1n) is 13.8. The fourth-order valence-electron chi connectivity index (χ4n) is 9.04. The quantitative estimate of drug-likeness (QED) is 0.600. The number of fused-ring (bicyclic) bond motifs is 8. The third-order valence-corrected chi connectivity index (χ3v) is 11.0. The van der Waals surface area contributed by atoms with Crippen molar-refractivity contribution in [1.82, 2.24) is 9.78 Å². The molecule has 212 valence electrons. The zero-order valence-corrected chi connectivity index (χ0v) is 22.5. The molecule has 1 aliphatic heterocycles. The van der Waals surface area contributed by atoms with Gasteiger partial charge in [0.1, 0.15) is 12.8 Å². The molecule has 8 nitrogen and oxygen atoms in total. The summed E-state index contributed by atoms with van der Waals surface area (Å²) < 4.78 is 47.8. The van der Waals surface area contributed by atoms with Crippen molar-refractivity contribution < 1.29 is 38.1 Å². The summed E-state index contributed by atoms with van der Waals surface area (Å²) in [6, 6.07) is 5.58. The maximum absolute atomic E-state index is 17.5. The standard InChI is InChI=1S/C30H32F2N2O6/c1-27-7-6-17(36)9-20(27)21(31)10-19-18-11-25-30(24(38)14-35,28(18,2)12-23(37)29(19,27)32)40-26(39-25)15-4-5-22-16(8-15)13-33-34(22)3/h4-9,13,18-19,21,23,25-26,35,37H,10-12,14H2,1-3H3/t18-,19-,21-,23-,25+,26+,27-,28-,29-,30+/m0/s1. The molecule has 5 aliphatic rings. The number of carbonyl (C=O) groups is 2. The van der Waals surface area contributed by atoms with Gasteiger partial charge in [0.25, 0.3) is 0 Å². The lowest BCUT2D eigenvalue weighted by atomic mass is 9.44. The van der Waals surface area contributed by atoms with Gasteiger partial charge in [-0.1, -0.05) is 19.1 Å². The van der Waals surface area contributed by atoms with E-state index in [9.17, 15) is 19.8 Å². The van der Waals surface area contributed by atoms with Crippen LogP contribution >= 0.6 is 0 Å². The largest absolute Gasteiger partial charge is 0.390 e. The number of hydrogen-bond donors (Lipinski definition) is 2.